The van der Waals surface area contributed by atoms with Crippen LogP contribution in [0.15, 0.2) is 0 Å². The molecule has 2 rings (SSSR count). The molecule has 1 saturated heterocycles. The van der Waals surface area contributed by atoms with E-state index in [0.29, 0.717) is 19.1 Å². The van der Waals surface area contributed by atoms with Crippen LogP contribution in [0.25, 0.3) is 0 Å². The van der Waals surface area contributed by atoms with Crippen LogP contribution in [0.2, 0.25) is 0 Å². The SMILES string of the molecule is CC1(CC2CCC(O)C2N)OCCO1. The van der Waals surface area contributed by atoms with Crippen LogP contribution in [0.3, 0.4) is 0 Å². The van der Waals surface area contributed by atoms with E-state index in [0.717, 1.165) is 19.3 Å². The van der Waals surface area contributed by atoms with Crippen molar-refractivity contribution >= 4 is 0 Å². The molecule has 14 heavy (non-hydrogen) atoms. The van der Waals surface area contributed by atoms with E-state index in [1.807, 2.05) is 6.92 Å². The number of ether oxygens (including phenoxy) is 2. The van der Waals surface area contributed by atoms with Crippen molar-refractivity contribution < 1.29 is 14.6 Å². The molecule has 3 N–H and O–H groups in total. The fourth-order valence-corrected chi connectivity index (χ4v) is 2.47. The maximum atomic E-state index is 9.52. The van der Waals surface area contributed by atoms with Crippen molar-refractivity contribution in [1.82, 2.24) is 0 Å². The minimum absolute atomic E-state index is 0.111. The quantitative estimate of drug-likeness (QED) is 0.671. The Kier molecular flexibility index (Phi) is 2.79. The van der Waals surface area contributed by atoms with Gasteiger partial charge in [0.2, 0.25) is 0 Å². The van der Waals surface area contributed by atoms with Crippen molar-refractivity contribution in [2.24, 2.45) is 11.7 Å². The Bertz CT molecular complexity index is 204. The smallest absolute Gasteiger partial charge is 0.166 e. The highest BCUT2D eigenvalue weighted by Crippen LogP contribution is 2.35. The molecule has 0 bridgehead atoms. The lowest BCUT2D eigenvalue weighted by molar-refractivity contribution is -0.155. The van der Waals surface area contributed by atoms with Gasteiger partial charge in [0.05, 0.1) is 19.3 Å². The third-order valence-corrected chi connectivity index (χ3v) is 3.35. The largest absolute Gasteiger partial charge is 0.392 e. The van der Waals surface area contributed by atoms with E-state index < -0.39 is 5.79 Å². The third kappa shape index (κ3) is 1.93. The number of hydrogen-bond acceptors (Lipinski definition) is 4. The summed E-state index contributed by atoms with van der Waals surface area (Å²) in [5.74, 6) is -0.139. The Hall–Kier alpha value is -0.160. The first-order chi connectivity index (χ1) is 6.61. The molecule has 0 amide bonds. The summed E-state index contributed by atoms with van der Waals surface area (Å²) in [7, 11) is 0. The topological polar surface area (TPSA) is 64.7 Å². The van der Waals surface area contributed by atoms with Crippen molar-refractivity contribution in [3.05, 3.63) is 0 Å². The van der Waals surface area contributed by atoms with Crippen molar-refractivity contribution in [3.63, 3.8) is 0 Å². The van der Waals surface area contributed by atoms with Gasteiger partial charge in [-0.05, 0) is 25.7 Å². The van der Waals surface area contributed by atoms with Crippen molar-refractivity contribution in [2.45, 2.75) is 44.1 Å². The maximum absolute atomic E-state index is 9.52. The molecule has 3 atom stereocenters. The second kappa shape index (κ2) is 3.77. The average molecular weight is 201 g/mol. The van der Waals surface area contributed by atoms with Crippen LogP contribution < -0.4 is 5.73 Å². The predicted octanol–water partition coefficient (Wildman–Crippen LogP) is 0.238. The van der Waals surface area contributed by atoms with Crippen LogP contribution in [0, 0.1) is 5.92 Å². The summed E-state index contributed by atoms with van der Waals surface area (Å²) in [6.07, 6.45) is 2.24. The standard InChI is InChI=1S/C10H19NO3/c1-10(13-4-5-14-10)6-7-2-3-8(12)9(7)11/h7-9,12H,2-6,11H2,1H3. The normalized spacial score (nSPS) is 41.8. The Morgan fingerprint density at radius 1 is 1.36 bits per heavy atom. The molecule has 0 aromatic rings. The third-order valence-electron chi connectivity index (χ3n) is 3.35. The fraction of sp³-hybridized carbons (Fsp3) is 1.00. The van der Waals surface area contributed by atoms with Crippen LogP contribution in [-0.2, 0) is 9.47 Å². The Labute approximate surface area is 84.4 Å². The van der Waals surface area contributed by atoms with E-state index in [1.165, 1.54) is 0 Å². The van der Waals surface area contributed by atoms with Crippen LogP contribution in [-0.4, -0.2) is 36.3 Å². The highest BCUT2D eigenvalue weighted by atomic mass is 16.7. The van der Waals surface area contributed by atoms with Gasteiger partial charge >= 0.3 is 0 Å². The summed E-state index contributed by atoms with van der Waals surface area (Å²) < 4.78 is 11.1. The number of aliphatic hydroxyl groups excluding tert-OH is 1. The van der Waals surface area contributed by atoms with Gasteiger partial charge in [-0.15, -0.1) is 0 Å². The number of hydrogen-bond donors (Lipinski definition) is 2. The maximum Gasteiger partial charge on any atom is 0.166 e. The number of aliphatic hydroxyl groups is 1. The van der Waals surface area contributed by atoms with Gasteiger partial charge in [-0.3, -0.25) is 0 Å². The molecule has 0 aromatic heterocycles. The summed E-state index contributed by atoms with van der Waals surface area (Å²) in [6.45, 7) is 3.29. The Morgan fingerprint density at radius 3 is 2.50 bits per heavy atom. The second-order valence-corrected chi connectivity index (χ2v) is 4.52. The zero-order valence-electron chi connectivity index (χ0n) is 8.61. The Morgan fingerprint density at radius 2 is 2.00 bits per heavy atom. The first-order valence-electron chi connectivity index (χ1n) is 5.32. The first kappa shape index (κ1) is 10.4. The molecular weight excluding hydrogens is 182 g/mol. The summed E-state index contributed by atoms with van der Waals surface area (Å²) in [5, 5.41) is 9.52. The van der Waals surface area contributed by atoms with Gasteiger partial charge in [-0.1, -0.05) is 0 Å². The molecular formula is C10H19NO3. The molecule has 1 heterocycles. The van der Waals surface area contributed by atoms with Crippen molar-refractivity contribution in [2.75, 3.05) is 13.2 Å². The summed E-state index contributed by atoms with van der Waals surface area (Å²) >= 11 is 0. The van der Waals surface area contributed by atoms with E-state index in [9.17, 15) is 5.11 Å². The lowest BCUT2D eigenvalue weighted by atomic mass is 9.95. The molecule has 4 nitrogen and oxygen atoms in total. The Balaban J connectivity index is 1.91. The summed E-state index contributed by atoms with van der Waals surface area (Å²) in [4.78, 5) is 0. The molecule has 1 aliphatic heterocycles. The minimum atomic E-state index is -0.466. The highest BCUT2D eigenvalue weighted by Gasteiger charge is 2.40. The minimum Gasteiger partial charge on any atom is -0.392 e. The van der Waals surface area contributed by atoms with Gasteiger partial charge in [-0.2, -0.15) is 0 Å². The van der Waals surface area contributed by atoms with Gasteiger partial charge in [0.15, 0.2) is 5.79 Å². The molecule has 2 fully saturated rings. The van der Waals surface area contributed by atoms with Crippen LogP contribution >= 0.6 is 0 Å². The predicted molar refractivity (Wildman–Crippen MR) is 51.6 cm³/mol. The van der Waals surface area contributed by atoms with Crippen LogP contribution in [0.1, 0.15) is 26.2 Å². The van der Waals surface area contributed by atoms with Crippen LogP contribution in [0.5, 0.6) is 0 Å². The van der Waals surface area contributed by atoms with Gasteiger partial charge in [0.1, 0.15) is 0 Å². The van der Waals surface area contributed by atoms with E-state index in [2.05, 4.69) is 0 Å². The summed E-state index contributed by atoms with van der Waals surface area (Å²) in [6, 6.07) is -0.111. The molecule has 1 aliphatic carbocycles. The lowest BCUT2D eigenvalue weighted by Crippen LogP contribution is -2.39. The second-order valence-electron chi connectivity index (χ2n) is 4.52. The van der Waals surface area contributed by atoms with E-state index >= 15 is 0 Å². The van der Waals surface area contributed by atoms with Gasteiger partial charge in [0, 0.05) is 12.5 Å². The fourth-order valence-electron chi connectivity index (χ4n) is 2.47. The molecule has 4 heteroatoms. The molecule has 0 aromatic carbocycles. The van der Waals surface area contributed by atoms with E-state index in [1.54, 1.807) is 0 Å². The number of nitrogens with two attached hydrogens (primary N) is 1. The van der Waals surface area contributed by atoms with Crippen LogP contribution in [0.4, 0.5) is 0 Å². The monoisotopic (exact) mass is 201 g/mol. The summed E-state index contributed by atoms with van der Waals surface area (Å²) in [5.41, 5.74) is 5.90. The van der Waals surface area contributed by atoms with Crippen molar-refractivity contribution in [3.8, 4) is 0 Å². The molecule has 0 radical (unpaired) electrons. The van der Waals surface area contributed by atoms with Gasteiger partial charge < -0.3 is 20.3 Å². The number of rotatable bonds is 2. The van der Waals surface area contributed by atoms with Gasteiger partial charge in [-0.25, -0.2) is 0 Å². The average Bonchev–Trinajstić information content (AvgIpc) is 2.68. The van der Waals surface area contributed by atoms with Gasteiger partial charge in [0.25, 0.3) is 0 Å². The van der Waals surface area contributed by atoms with E-state index in [4.69, 9.17) is 15.2 Å². The molecule has 2 aliphatic rings. The highest BCUT2D eigenvalue weighted by molar-refractivity contribution is 4.90. The lowest BCUT2D eigenvalue weighted by Gasteiger charge is -2.28. The zero-order valence-corrected chi connectivity index (χ0v) is 8.61. The van der Waals surface area contributed by atoms with E-state index in [-0.39, 0.29) is 12.1 Å². The molecule has 1 saturated carbocycles. The first-order valence-corrected chi connectivity index (χ1v) is 5.32. The molecule has 3 unspecified atom stereocenters. The molecule has 0 spiro atoms. The zero-order chi connectivity index (χ0) is 10.2. The van der Waals surface area contributed by atoms with Crippen molar-refractivity contribution in [1.29, 1.82) is 0 Å². The molecule has 82 valence electrons.